The third-order valence-electron chi connectivity index (χ3n) is 11.0. The number of aliphatic hydroxyl groups is 2. The lowest BCUT2D eigenvalue weighted by Gasteiger charge is -2.24. The quantitative estimate of drug-likeness (QED) is 0.0247. The number of carbonyl (C=O) groups is 2. The SMILES string of the molecule is CC/C=C/C=C/C=C/CCCCCCCC(CC(=O)NC(CO)C(O)CCCCCCCCCCCCCCC)OC(=O)CCCCCCC/C=C\CCCCC. The van der Waals surface area contributed by atoms with Crippen LogP contribution < -0.4 is 5.32 Å². The van der Waals surface area contributed by atoms with Crippen molar-refractivity contribution in [3.05, 3.63) is 48.6 Å². The first kappa shape index (κ1) is 54.8. The highest BCUT2D eigenvalue weighted by Gasteiger charge is 2.24. The normalized spacial score (nSPS) is 13.7. The summed E-state index contributed by atoms with van der Waals surface area (Å²) in [5.41, 5.74) is 0. The molecule has 0 aromatic carbocycles. The molecule has 0 aliphatic heterocycles. The molecular formula is C51H93NO5. The second-order valence-corrected chi connectivity index (χ2v) is 16.5. The van der Waals surface area contributed by atoms with E-state index in [-0.39, 0.29) is 24.9 Å². The van der Waals surface area contributed by atoms with E-state index in [1.807, 2.05) is 0 Å². The maximum atomic E-state index is 13.2. The number of hydrogen-bond donors (Lipinski definition) is 3. The Hall–Kier alpha value is -2.18. The lowest BCUT2D eigenvalue weighted by atomic mass is 10.0. The van der Waals surface area contributed by atoms with Gasteiger partial charge < -0.3 is 20.3 Å². The molecule has 0 saturated heterocycles. The second kappa shape index (κ2) is 44.9. The number of carbonyl (C=O) groups excluding carboxylic acids is 2. The van der Waals surface area contributed by atoms with Crippen LogP contribution in [0.15, 0.2) is 48.6 Å². The number of nitrogens with one attached hydrogen (secondary N) is 1. The van der Waals surface area contributed by atoms with E-state index in [9.17, 15) is 19.8 Å². The van der Waals surface area contributed by atoms with Gasteiger partial charge in [0.25, 0.3) is 0 Å². The fourth-order valence-electron chi connectivity index (χ4n) is 7.25. The van der Waals surface area contributed by atoms with Crippen molar-refractivity contribution in [2.75, 3.05) is 6.61 Å². The molecule has 0 bridgehead atoms. The summed E-state index contributed by atoms with van der Waals surface area (Å²) in [5.74, 6) is -0.503. The molecule has 0 aromatic heterocycles. The van der Waals surface area contributed by atoms with E-state index < -0.39 is 18.2 Å². The van der Waals surface area contributed by atoms with E-state index in [2.05, 4.69) is 74.7 Å². The number of rotatable bonds is 43. The maximum absolute atomic E-state index is 13.2. The van der Waals surface area contributed by atoms with E-state index in [0.29, 0.717) is 19.3 Å². The number of unbranched alkanes of at least 4 members (excludes halogenated alkanes) is 25. The maximum Gasteiger partial charge on any atom is 0.306 e. The summed E-state index contributed by atoms with van der Waals surface area (Å²) in [6.45, 7) is 6.32. The van der Waals surface area contributed by atoms with Gasteiger partial charge in [0.15, 0.2) is 0 Å². The van der Waals surface area contributed by atoms with Gasteiger partial charge in [-0.2, -0.15) is 0 Å². The van der Waals surface area contributed by atoms with Crippen molar-refractivity contribution in [2.24, 2.45) is 0 Å². The number of aliphatic hydroxyl groups excluding tert-OH is 2. The Morgan fingerprint density at radius 3 is 1.51 bits per heavy atom. The first-order valence-corrected chi connectivity index (χ1v) is 24.4. The van der Waals surface area contributed by atoms with Gasteiger partial charge in [0.2, 0.25) is 5.91 Å². The van der Waals surface area contributed by atoms with Crippen molar-refractivity contribution in [3.8, 4) is 0 Å². The molecule has 57 heavy (non-hydrogen) atoms. The summed E-state index contributed by atoms with van der Waals surface area (Å²) >= 11 is 0. The van der Waals surface area contributed by atoms with Crippen molar-refractivity contribution in [1.29, 1.82) is 0 Å². The van der Waals surface area contributed by atoms with Crippen molar-refractivity contribution in [2.45, 2.75) is 257 Å². The van der Waals surface area contributed by atoms with E-state index in [1.54, 1.807) is 0 Å². The Morgan fingerprint density at radius 1 is 0.526 bits per heavy atom. The van der Waals surface area contributed by atoms with Crippen LogP contribution in [0.25, 0.3) is 0 Å². The van der Waals surface area contributed by atoms with E-state index in [1.165, 1.54) is 103 Å². The van der Waals surface area contributed by atoms with E-state index >= 15 is 0 Å². The molecule has 0 spiro atoms. The van der Waals surface area contributed by atoms with E-state index in [4.69, 9.17) is 4.74 Å². The van der Waals surface area contributed by atoms with Crippen LogP contribution in [0.3, 0.4) is 0 Å². The molecule has 0 aliphatic rings. The van der Waals surface area contributed by atoms with Gasteiger partial charge in [-0.05, 0) is 70.6 Å². The van der Waals surface area contributed by atoms with Crippen LogP contribution in [0.1, 0.15) is 239 Å². The molecule has 0 fully saturated rings. The molecule has 0 aliphatic carbocycles. The highest BCUT2D eigenvalue weighted by molar-refractivity contribution is 5.77. The topological polar surface area (TPSA) is 95.9 Å². The molecule has 3 atom stereocenters. The van der Waals surface area contributed by atoms with Gasteiger partial charge in [-0.1, -0.05) is 204 Å². The molecule has 6 heteroatoms. The zero-order valence-electron chi connectivity index (χ0n) is 37.7. The van der Waals surface area contributed by atoms with Crippen LogP contribution >= 0.6 is 0 Å². The minimum atomic E-state index is -0.793. The average molecular weight is 800 g/mol. The highest BCUT2D eigenvalue weighted by Crippen LogP contribution is 2.17. The highest BCUT2D eigenvalue weighted by atomic mass is 16.5. The van der Waals surface area contributed by atoms with Gasteiger partial charge in [0.05, 0.1) is 25.2 Å². The Labute approximate surface area is 353 Å². The van der Waals surface area contributed by atoms with Crippen LogP contribution in [0.4, 0.5) is 0 Å². The molecule has 332 valence electrons. The summed E-state index contributed by atoms with van der Waals surface area (Å²) < 4.78 is 5.90. The van der Waals surface area contributed by atoms with Crippen LogP contribution in [-0.2, 0) is 14.3 Å². The third-order valence-corrected chi connectivity index (χ3v) is 11.0. The molecule has 0 heterocycles. The predicted molar refractivity (Wildman–Crippen MR) is 245 cm³/mol. The van der Waals surface area contributed by atoms with Crippen molar-refractivity contribution < 1.29 is 24.5 Å². The molecule has 0 rings (SSSR count). The Balaban J connectivity index is 4.61. The summed E-state index contributed by atoms with van der Waals surface area (Å²) in [6, 6.07) is -0.708. The number of amides is 1. The molecule has 0 aromatic rings. The Bertz CT molecular complexity index is 988. The van der Waals surface area contributed by atoms with Crippen LogP contribution in [0.2, 0.25) is 0 Å². The van der Waals surface area contributed by atoms with Gasteiger partial charge in [0.1, 0.15) is 6.10 Å². The monoisotopic (exact) mass is 800 g/mol. The zero-order valence-corrected chi connectivity index (χ0v) is 37.7. The molecule has 0 radical (unpaired) electrons. The van der Waals surface area contributed by atoms with E-state index in [0.717, 1.165) is 89.9 Å². The van der Waals surface area contributed by atoms with Crippen LogP contribution in [0.5, 0.6) is 0 Å². The number of hydrogen-bond acceptors (Lipinski definition) is 5. The molecule has 3 N–H and O–H groups in total. The second-order valence-electron chi connectivity index (χ2n) is 16.5. The molecule has 1 amide bonds. The van der Waals surface area contributed by atoms with Gasteiger partial charge in [-0.25, -0.2) is 0 Å². The van der Waals surface area contributed by atoms with Crippen molar-refractivity contribution in [3.63, 3.8) is 0 Å². The minimum absolute atomic E-state index is 0.0609. The zero-order chi connectivity index (χ0) is 41.7. The lowest BCUT2D eigenvalue weighted by Crippen LogP contribution is -2.46. The smallest absolute Gasteiger partial charge is 0.306 e. The fraction of sp³-hybridized carbons (Fsp3) is 0.804. The van der Waals surface area contributed by atoms with Crippen LogP contribution in [-0.4, -0.2) is 46.9 Å². The fourth-order valence-corrected chi connectivity index (χ4v) is 7.25. The van der Waals surface area contributed by atoms with Gasteiger partial charge in [-0.3, -0.25) is 9.59 Å². The Kier molecular flexibility index (Phi) is 43.2. The molecule has 0 saturated carbocycles. The van der Waals surface area contributed by atoms with Gasteiger partial charge in [-0.15, -0.1) is 0 Å². The molecule has 6 nitrogen and oxygen atoms in total. The summed E-state index contributed by atoms with van der Waals surface area (Å²) in [7, 11) is 0. The van der Waals surface area contributed by atoms with Crippen LogP contribution in [0, 0.1) is 0 Å². The summed E-state index contributed by atoms with van der Waals surface area (Å²) in [6.07, 6.45) is 53.1. The van der Waals surface area contributed by atoms with Crippen molar-refractivity contribution >= 4 is 11.9 Å². The third kappa shape index (κ3) is 40.4. The van der Waals surface area contributed by atoms with Gasteiger partial charge >= 0.3 is 5.97 Å². The predicted octanol–water partition coefficient (Wildman–Crippen LogP) is 14.3. The standard InChI is InChI=1S/C51H93NO5/c1-4-7-10-13-16-19-22-25-27-30-33-36-39-42-47(57-51(56)44-41-38-35-32-29-24-21-18-15-12-9-6-3)45-50(55)52-48(46-53)49(54)43-40-37-34-31-28-26-23-20-17-14-11-8-5-2/h7,10,13,16,18-19,21-22,47-49,53-54H,4-6,8-9,11-12,14-15,17,20,23-46H2,1-3H3,(H,52,55)/b10-7+,16-13+,21-18-,22-19+. The summed E-state index contributed by atoms with van der Waals surface area (Å²) in [4.78, 5) is 26.0. The minimum Gasteiger partial charge on any atom is -0.462 e. The average Bonchev–Trinajstić information content (AvgIpc) is 3.20. The van der Waals surface area contributed by atoms with Gasteiger partial charge in [0, 0.05) is 6.42 Å². The molecular weight excluding hydrogens is 707 g/mol. The first-order chi connectivity index (χ1) is 28.0. The number of allylic oxidation sites excluding steroid dienone is 8. The van der Waals surface area contributed by atoms with Crippen molar-refractivity contribution in [1.82, 2.24) is 5.32 Å². The lowest BCUT2D eigenvalue weighted by molar-refractivity contribution is -0.151. The Morgan fingerprint density at radius 2 is 0.965 bits per heavy atom. The molecule has 3 unspecified atom stereocenters. The number of esters is 1. The number of ether oxygens (including phenoxy) is 1. The largest absolute Gasteiger partial charge is 0.462 e. The first-order valence-electron chi connectivity index (χ1n) is 24.4. The summed E-state index contributed by atoms with van der Waals surface area (Å²) in [5, 5.41) is 23.7.